The monoisotopic (exact) mass is 481 g/mol. The summed E-state index contributed by atoms with van der Waals surface area (Å²) in [6.07, 6.45) is 3.66. The smallest absolute Gasteiger partial charge is 0.262 e. The van der Waals surface area contributed by atoms with Gasteiger partial charge in [0, 0.05) is 10.6 Å². The fourth-order valence-electron chi connectivity index (χ4n) is 3.62. The maximum atomic E-state index is 13.6. The lowest BCUT2D eigenvalue weighted by molar-refractivity contribution is -0.113. The van der Waals surface area contributed by atoms with Crippen molar-refractivity contribution in [1.82, 2.24) is 0 Å². The van der Waals surface area contributed by atoms with Crippen LogP contribution in [0.2, 0.25) is 10.0 Å². The molecule has 0 bridgehead atoms. The quantitative estimate of drug-likeness (QED) is 0.377. The fraction of sp³-hybridized carbons (Fsp3) is 0.115. The SMILES string of the molecule is COc1ccc(N2C(=O)/C(=C/c3ccc(OC)c(OC)c3)C=C2c2ccc(Cl)cc2)cc1Cl. The molecule has 4 rings (SSSR count). The topological polar surface area (TPSA) is 48.0 Å². The summed E-state index contributed by atoms with van der Waals surface area (Å²) >= 11 is 12.4. The zero-order valence-corrected chi connectivity index (χ0v) is 19.8. The molecule has 0 N–H and O–H groups in total. The van der Waals surface area contributed by atoms with Crippen molar-refractivity contribution in [2.45, 2.75) is 0 Å². The van der Waals surface area contributed by atoms with Crippen molar-refractivity contribution in [2.24, 2.45) is 0 Å². The molecular formula is C26H21Cl2NO4. The molecule has 3 aromatic carbocycles. The normalized spacial score (nSPS) is 14.5. The standard InChI is InChI=1S/C26H21Cl2NO4/c1-31-23-11-9-20(15-21(23)28)29-22(17-5-7-19(27)8-6-17)14-18(26(29)30)12-16-4-10-24(32-2)25(13-16)33-3/h4-15H,1-3H3/b18-12+. The Morgan fingerprint density at radius 3 is 2.09 bits per heavy atom. The average Bonchev–Trinajstić information content (AvgIpc) is 3.15. The van der Waals surface area contributed by atoms with Gasteiger partial charge in [0.25, 0.3) is 5.91 Å². The highest BCUT2D eigenvalue weighted by Gasteiger charge is 2.31. The van der Waals surface area contributed by atoms with Gasteiger partial charge >= 0.3 is 0 Å². The molecule has 0 atom stereocenters. The molecule has 1 aliphatic heterocycles. The number of halogens is 2. The highest BCUT2D eigenvalue weighted by atomic mass is 35.5. The Labute approximate surface area is 202 Å². The molecule has 0 saturated carbocycles. The zero-order valence-electron chi connectivity index (χ0n) is 18.3. The largest absolute Gasteiger partial charge is 0.495 e. The molecule has 1 heterocycles. The summed E-state index contributed by atoms with van der Waals surface area (Å²) in [5.41, 5.74) is 3.50. The Morgan fingerprint density at radius 2 is 1.45 bits per heavy atom. The van der Waals surface area contributed by atoms with Crippen LogP contribution >= 0.6 is 23.2 Å². The Hall–Kier alpha value is -3.41. The fourth-order valence-corrected chi connectivity index (χ4v) is 4.00. The molecule has 1 amide bonds. The zero-order chi connectivity index (χ0) is 23.5. The van der Waals surface area contributed by atoms with Crippen molar-refractivity contribution in [2.75, 3.05) is 26.2 Å². The lowest BCUT2D eigenvalue weighted by atomic mass is 10.1. The van der Waals surface area contributed by atoms with E-state index in [-0.39, 0.29) is 5.91 Å². The summed E-state index contributed by atoms with van der Waals surface area (Å²) in [6, 6.07) is 18.1. The predicted molar refractivity (Wildman–Crippen MR) is 132 cm³/mol. The number of anilines is 1. The third kappa shape index (κ3) is 4.56. The van der Waals surface area contributed by atoms with Crippen molar-refractivity contribution < 1.29 is 19.0 Å². The minimum atomic E-state index is -0.184. The molecule has 0 radical (unpaired) electrons. The molecule has 168 valence electrons. The lowest BCUT2D eigenvalue weighted by Gasteiger charge is -2.21. The van der Waals surface area contributed by atoms with Crippen molar-refractivity contribution in [3.05, 3.63) is 93.5 Å². The number of carbonyl (C=O) groups is 1. The number of benzene rings is 3. The van der Waals surface area contributed by atoms with Crippen LogP contribution < -0.4 is 19.1 Å². The van der Waals surface area contributed by atoms with E-state index >= 15 is 0 Å². The third-order valence-corrected chi connectivity index (χ3v) is 5.79. The van der Waals surface area contributed by atoms with Crippen LogP contribution in [0.1, 0.15) is 11.1 Å². The highest BCUT2D eigenvalue weighted by Crippen LogP contribution is 2.39. The first kappa shape index (κ1) is 22.8. The Bertz CT molecular complexity index is 1270. The summed E-state index contributed by atoms with van der Waals surface area (Å²) in [7, 11) is 4.70. The molecule has 5 nitrogen and oxygen atoms in total. The van der Waals surface area contributed by atoms with E-state index in [1.807, 2.05) is 36.4 Å². The van der Waals surface area contributed by atoms with Crippen molar-refractivity contribution in [3.8, 4) is 17.2 Å². The maximum Gasteiger partial charge on any atom is 0.262 e. The van der Waals surface area contributed by atoms with Crippen LogP contribution in [0.3, 0.4) is 0 Å². The van der Waals surface area contributed by atoms with Gasteiger partial charge in [-0.1, -0.05) is 41.4 Å². The second kappa shape index (κ2) is 9.61. The number of rotatable bonds is 6. The van der Waals surface area contributed by atoms with Gasteiger partial charge in [0.15, 0.2) is 11.5 Å². The van der Waals surface area contributed by atoms with Gasteiger partial charge in [-0.3, -0.25) is 9.69 Å². The second-order valence-corrected chi connectivity index (χ2v) is 8.05. The van der Waals surface area contributed by atoms with E-state index in [9.17, 15) is 4.79 Å². The predicted octanol–water partition coefficient (Wildman–Crippen LogP) is 6.49. The second-order valence-electron chi connectivity index (χ2n) is 7.21. The van der Waals surface area contributed by atoms with Crippen LogP contribution in [0.4, 0.5) is 5.69 Å². The minimum absolute atomic E-state index is 0.184. The van der Waals surface area contributed by atoms with Crippen LogP contribution in [-0.4, -0.2) is 27.2 Å². The minimum Gasteiger partial charge on any atom is -0.495 e. The first-order valence-electron chi connectivity index (χ1n) is 10.0. The van der Waals surface area contributed by atoms with Gasteiger partial charge < -0.3 is 14.2 Å². The van der Waals surface area contributed by atoms with E-state index < -0.39 is 0 Å². The molecule has 0 spiro atoms. The van der Waals surface area contributed by atoms with Crippen LogP contribution in [-0.2, 0) is 4.79 Å². The number of hydrogen-bond donors (Lipinski definition) is 0. The molecule has 7 heteroatoms. The van der Waals surface area contributed by atoms with Gasteiger partial charge in [-0.05, 0) is 65.7 Å². The number of carbonyl (C=O) groups excluding carboxylic acids is 1. The van der Waals surface area contributed by atoms with E-state index in [0.29, 0.717) is 44.3 Å². The first-order valence-corrected chi connectivity index (χ1v) is 10.8. The van der Waals surface area contributed by atoms with Gasteiger partial charge in [-0.15, -0.1) is 0 Å². The van der Waals surface area contributed by atoms with Gasteiger partial charge in [-0.2, -0.15) is 0 Å². The summed E-state index contributed by atoms with van der Waals surface area (Å²) < 4.78 is 16.0. The molecule has 0 saturated heterocycles. The van der Waals surface area contributed by atoms with E-state index in [1.165, 1.54) is 0 Å². The maximum absolute atomic E-state index is 13.6. The Morgan fingerprint density at radius 1 is 0.788 bits per heavy atom. The molecule has 0 unspecified atom stereocenters. The summed E-state index contributed by atoms with van der Waals surface area (Å²) in [6.45, 7) is 0. The molecule has 33 heavy (non-hydrogen) atoms. The van der Waals surface area contributed by atoms with Crippen LogP contribution in [0.25, 0.3) is 11.8 Å². The third-order valence-electron chi connectivity index (χ3n) is 5.25. The molecule has 1 aliphatic rings. The van der Waals surface area contributed by atoms with E-state index in [4.69, 9.17) is 37.4 Å². The Balaban J connectivity index is 1.81. The number of methoxy groups -OCH3 is 3. The van der Waals surface area contributed by atoms with E-state index in [1.54, 1.807) is 62.6 Å². The average molecular weight is 482 g/mol. The first-order chi connectivity index (χ1) is 15.9. The van der Waals surface area contributed by atoms with Gasteiger partial charge in [-0.25, -0.2) is 0 Å². The van der Waals surface area contributed by atoms with Crippen LogP contribution in [0.5, 0.6) is 17.2 Å². The molecule has 0 aromatic heterocycles. The number of nitrogens with zero attached hydrogens (tertiary/aromatic N) is 1. The summed E-state index contributed by atoms with van der Waals surface area (Å²) in [4.78, 5) is 15.2. The van der Waals surface area contributed by atoms with Crippen molar-refractivity contribution in [3.63, 3.8) is 0 Å². The van der Waals surface area contributed by atoms with Crippen molar-refractivity contribution >= 4 is 46.6 Å². The molecule has 0 aliphatic carbocycles. The molecule has 0 fully saturated rings. The lowest BCUT2D eigenvalue weighted by Crippen LogP contribution is -2.25. The highest BCUT2D eigenvalue weighted by molar-refractivity contribution is 6.33. The number of hydrogen-bond acceptors (Lipinski definition) is 4. The summed E-state index contributed by atoms with van der Waals surface area (Å²) in [5, 5.41) is 1.03. The molecular weight excluding hydrogens is 461 g/mol. The summed E-state index contributed by atoms with van der Waals surface area (Å²) in [5.74, 6) is 1.54. The van der Waals surface area contributed by atoms with Gasteiger partial charge in [0.1, 0.15) is 5.75 Å². The number of amides is 1. The van der Waals surface area contributed by atoms with Gasteiger partial charge in [0.2, 0.25) is 0 Å². The van der Waals surface area contributed by atoms with Crippen LogP contribution in [0, 0.1) is 0 Å². The van der Waals surface area contributed by atoms with Gasteiger partial charge in [0.05, 0.1) is 37.7 Å². The van der Waals surface area contributed by atoms with E-state index in [2.05, 4.69) is 0 Å². The van der Waals surface area contributed by atoms with E-state index in [0.717, 1.165) is 11.1 Å². The van der Waals surface area contributed by atoms with Crippen LogP contribution in [0.15, 0.2) is 72.3 Å². The molecule has 3 aromatic rings. The van der Waals surface area contributed by atoms with Crippen molar-refractivity contribution in [1.29, 1.82) is 0 Å². The number of ether oxygens (including phenoxy) is 3. The Kier molecular flexibility index (Phi) is 6.63.